The lowest BCUT2D eigenvalue weighted by atomic mass is 9.96. The van der Waals surface area contributed by atoms with E-state index in [4.69, 9.17) is 0 Å². The molecule has 0 fully saturated rings. The SMILES string of the molecule is O=C(c1ccc2c(c1)C(=O)C(C(=O)CSc1ccccc1)C2=O)c1ccc2c(c1)C(=O)C(C(=O)CSc1ccccc1)C2=O. The van der Waals surface area contributed by atoms with Crippen LogP contribution in [0.4, 0.5) is 0 Å². The first-order chi connectivity index (χ1) is 21.2. The smallest absolute Gasteiger partial charge is 0.193 e. The van der Waals surface area contributed by atoms with Crippen LogP contribution in [0.1, 0.15) is 57.4 Å². The number of hydrogen-bond donors (Lipinski definition) is 0. The first kappa shape index (κ1) is 29.3. The van der Waals surface area contributed by atoms with Crippen LogP contribution in [-0.2, 0) is 9.59 Å². The van der Waals surface area contributed by atoms with Gasteiger partial charge < -0.3 is 0 Å². The zero-order valence-electron chi connectivity index (χ0n) is 23.0. The van der Waals surface area contributed by atoms with Crippen molar-refractivity contribution in [1.82, 2.24) is 0 Å². The molecule has 9 heteroatoms. The van der Waals surface area contributed by atoms with Crippen molar-refractivity contribution < 1.29 is 33.6 Å². The van der Waals surface area contributed by atoms with Crippen LogP contribution in [-0.4, -0.2) is 52.0 Å². The highest BCUT2D eigenvalue weighted by atomic mass is 32.2. The molecule has 2 unspecified atom stereocenters. The highest BCUT2D eigenvalue weighted by Crippen LogP contribution is 2.33. The van der Waals surface area contributed by atoms with E-state index in [1.807, 2.05) is 60.7 Å². The molecule has 44 heavy (non-hydrogen) atoms. The van der Waals surface area contributed by atoms with Crippen molar-refractivity contribution in [3.05, 3.63) is 130 Å². The van der Waals surface area contributed by atoms with E-state index in [0.29, 0.717) is 0 Å². The second-order valence-electron chi connectivity index (χ2n) is 10.3. The number of hydrogen-bond acceptors (Lipinski definition) is 9. The minimum absolute atomic E-state index is 0.00194. The molecule has 0 saturated carbocycles. The molecule has 2 atom stereocenters. The summed E-state index contributed by atoms with van der Waals surface area (Å²) in [5, 5.41) is 0. The number of Topliss-reactive ketones (excluding diaryl/α,β-unsaturated/α-hetero) is 6. The lowest BCUT2D eigenvalue weighted by molar-refractivity contribution is -0.118. The summed E-state index contributed by atoms with van der Waals surface area (Å²) in [6.07, 6.45) is 0. The summed E-state index contributed by atoms with van der Waals surface area (Å²) in [6, 6.07) is 26.4. The van der Waals surface area contributed by atoms with Gasteiger partial charge in [0.25, 0.3) is 0 Å². The van der Waals surface area contributed by atoms with Crippen molar-refractivity contribution in [3.63, 3.8) is 0 Å². The first-order valence-electron chi connectivity index (χ1n) is 13.7. The Hall–Kier alpha value is -4.73. The van der Waals surface area contributed by atoms with E-state index in [0.717, 1.165) is 9.79 Å². The molecule has 7 nitrogen and oxygen atoms in total. The van der Waals surface area contributed by atoms with Gasteiger partial charge in [-0.15, -0.1) is 23.5 Å². The van der Waals surface area contributed by atoms with Crippen LogP contribution >= 0.6 is 23.5 Å². The summed E-state index contributed by atoms with van der Waals surface area (Å²) < 4.78 is 0. The maximum absolute atomic E-state index is 13.4. The molecular formula is C35H22O7S2. The molecule has 0 N–H and O–H groups in total. The average molecular weight is 619 g/mol. The van der Waals surface area contributed by atoms with Gasteiger partial charge in [-0.1, -0.05) is 48.5 Å². The third-order valence-corrected chi connectivity index (χ3v) is 9.64. The molecular weight excluding hydrogens is 597 g/mol. The number of rotatable bonds is 10. The van der Waals surface area contributed by atoms with Crippen LogP contribution in [0.2, 0.25) is 0 Å². The number of carbonyl (C=O) groups is 7. The van der Waals surface area contributed by atoms with Crippen LogP contribution in [0, 0.1) is 11.8 Å². The summed E-state index contributed by atoms with van der Waals surface area (Å²) in [6.45, 7) is 0. The molecule has 0 radical (unpaired) electrons. The maximum Gasteiger partial charge on any atom is 0.193 e. The van der Waals surface area contributed by atoms with E-state index in [1.54, 1.807) is 0 Å². The first-order valence-corrected chi connectivity index (χ1v) is 15.6. The number of carbonyl (C=O) groups excluding carboxylic acids is 7. The fraction of sp³-hybridized carbons (Fsp3) is 0.114. The molecule has 4 aromatic carbocycles. The molecule has 0 saturated heterocycles. The van der Waals surface area contributed by atoms with E-state index < -0.39 is 52.3 Å². The van der Waals surface area contributed by atoms with Gasteiger partial charge in [-0.3, -0.25) is 33.6 Å². The van der Waals surface area contributed by atoms with Crippen LogP contribution < -0.4 is 0 Å². The van der Waals surface area contributed by atoms with Crippen LogP contribution in [0.15, 0.2) is 107 Å². The fourth-order valence-electron chi connectivity index (χ4n) is 5.33. The Bertz CT molecular complexity index is 1760. The molecule has 2 aliphatic rings. The monoisotopic (exact) mass is 618 g/mol. The van der Waals surface area contributed by atoms with E-state index in [2.05, 4.69) is 0 Å². The second-order valence-corrected chi connectivity index (χ2v) is 12.4. The molecule has 0 amide bonds. The Morgan fingerprint density at radius 3 is 1.23 bits per heavy atom. The molecule has 216 valence electrons. The van der Waals surface area contributed by atoms with Crippen molar-refractivity contribution in [2.24, 2.45) is 11.8 Å². The van der Waals surface area contributed by atoms with Crippen molar-refractivity contribution in [2.75, 3.05) is 11.5 Å². The Balaban J connectivity index is 1.18. The number of benzene rings is 4. The van der Waals surface area contributed by atoms with Crippen LogP contribution in [0.25, 0.3) is 0 Å². The normalized spacial score (nSPS) is 17.0. The second kappa shape index (κ2) is 12.1. The van der Waals surface area contributed by atoms with E-state index in [9.17, 15) is 33.6 Å². The minimum Gasteiger partial charge on any atom is -0.297 e. The zero-order valence-corrected chi connectivity index (χ0v) is 24.6. The van der Waals surface area contributed by atoms with Gasteiger partial charge in [-0.25, -0.2) is 0 Å². The third kappa shape index (κ3) is 5.40. The largest absolute Gasteiger partial charge is 0.297 e. The van der Waals surface area contributed by atoms with Gasteiger partial charge in [-0.05, 0) is 48.5 Å². The zero-order chi connectivity index (χ0) is 31.0. The molecule has 0 spiro atoms. The van der Waals surface area contributed by atoms with Crippen molar-refractivity contribution in [2.45, 2.75) is 9.79 Å². The summed E-state index contributed by atoms with van der Waals surface area (Å²) in [7, 11) is 0. The van der Waals surface area contributed by atoms with Crippen molar-refractivity contribution in [1.29, 1.82) is 0 Å². The average Bonchev–Trinajstić information content (AvgIpc) is 3.46. The Kier molecular flexibility index (Phi) is 8.07. The van der Waals surface area contributed by atoms with Gasteiger partial charge in [-0.2, -0.15) is 0 Å². The minimum atomic E-state index is -1.45. The molecule has 0 bridgehead atoms. The quantitative estimate of drug-likeness (QED) is 0.127. The van der Waals surface area contributed by atoms with Gasteiger partial charge in [0.2, 0.25) is 0 Å². The summed E-state index contributed by atoms with van der Waals surface area (Å²) in [5.74, 6) is -7.06. The molecule has 0 aliphatic heterocycles. The highest BCUT2D eigenvalue weighted by Gasteiger charge is 2.44. The maximum atomic E-state index is 13.4. The number of thioether (sulfide) groups is 2. The topological polar surface area (TPSA) is 119 Å². The number of ketones is 7. The van der Waals surface area contributed by atoms with Gasteiger partial charge in [0.15, 0.2) is 40.5 Å². The fourth-order valence-corrected chi connectivity index (χ4v) is 6.98. The van der Waals surface area contributed by atoms with Gasteiger partial charge in [0, 0.05) is 43.2 Å². The Morgan fingerprint density at radius 2 is 0.841 bits per heavy atom. The van der Waals surface area contributed by atoms with E-state index in [1.165, 1.54) is 59.9 Å². The Morgan fingerprint density at radius 1 is 0.477 bits per heavy atom. The van der Waals surface area contributed by atoms with Crippen molar-refractivity contribution >= 4 is 64.0 Å². The molecule has 0 heterocycles. The summed E-state index contributed by atoms with van der Waals surface area (Å²) in [5.41, 5.74) is 0.328. The molecule has 0 aromatic heterocycles. The van der Waals surface area contributed by atoms with Crippen molar-refractivity contribution in [3.8, 4) is 0 Å². The van der Waals surface area contributed by atoms with Gasteiger partial charge in [0.05, 0.1) is 11.5 Å². The Labute approximate surface area is 260 Å². The molecule has 6 rings (SSSR count). The highest BCUT2D eigenvalue weighted by molar-refractivity contribution is 8.00. The predicted octanol–water partition coefficient (Wildman–Crippen LogP) is 5.63. The standard InChI is InChI=1S/C35H22O7S2/c36-27(17-43-21-7-3-1-4-8-21)29-32(39)23-13-11-19(15-25(23)34(29)41)31(38)20-12-14-24-26(16-20)35(42)30(33(24)40)28(37)18-44-22-9-5-2-6-10-22/h1-16,29-30H,17-18H2. The summed E-state index contributed by atoms with van der Waals surface area (Å²) in [4.78, 5) is 93.2. The third-order valence-electron chi connectivity index (χ3n) is 7.57. The molecule has 2 aliphatic carbocycles. The lowest BCUT2D eigenvalue weighted by Gasteiger charge is -2.06. The number of fused-ring (bicyclic) bond motifs is 2. The molecule has 4 aromatic rings. The van der Waals surface area contributed by atoms with Crippen LogP contribution in [0.3, 0.4) is 0 Å². The van der Waals surface area contributed by atoms with E-state index >= 15 is 0 Å². The predicted molar refractivity (Wildman–Crippen MR) is 165 cm³/mol. The lowest BCUT2D eigenvalue weighted by Crippen LogP contribution is -2.27. The van der Waals surface area contributed by atoms with Gasteiger partial charge >= 0.3 is 0 Å². The summed E-state index contributed by atoms with van der Waals surface area (Å²) >= 11 is 2.47. The van der Waals surface area contributed by atoms with E-state index in [-0.39, 0.29) is 44.9 Å². The van der Waals surface area contributed by atoms with Crippen LogP contribution in [0.5, 0.6) is 0 Å². The van der Waals surface area contributed by atoms with Gasteiger partial charge in [0.1, 0.15) is 11.8 Å².